The first kappa shape index (κ1) is 9.09. The van der Waals surface area contributed by atoms with Crippen molar-refractivity contribution in [3.63, 3.8) is 0 Å². The Hall–Kier alpha value is 0. The Balaban J connectivity index is 2.14. The van der Waals surface area contributed by atoms with Crippen LogP contribution in [0.5, 0.6) is 0 Å². The SMILES string of the molecule is CCCC1CCC(CC)CC1. The van der Waals surface area contributed by atoms with E-state index in [1.54, 1.807) is 0 Å². The molecule has 0 saturated heterocycles. The summed E-state index contributed by atoms with van der Waals surface area (Å²) < 4.78 is 0. The van der Waals surface area contributed by atoms with Gasteiger partial charge in [0.1, 0.15) is 0 Å². The fourth-order valence-electron chi connectivity index (χ4n) is 2.34. The molecule has 0 spiro atoms. The fourth-order valence-corrected chi connectivity index (χ4v) is 2.34. The van der Waals surface area contributed by atoms with Crippen molar-refractivity contribution < 1.29 is 0 Å². The van der Waals surface area contributed by atoms with E-state index in [1.165, 1.54) is 44.9 Å². The summed E-state index contributed by atoms with van der Waals surface area (Å²) in [6, 6.07) is 0. The van der Waals surface area contributed by atoms with E-state index >= 15 is 0 Å². The minimum absolute atomic E-state index is 1.07. The van der Waals surface area contributed by atoms with Crippen molar-refractivity contribution in [1.82, 2.24) is 0 Å². The first-order chi connectivity index (χ1) is 5.36. The van der Waals surface area contributed by atoms with Crippen LogP contribution in [0.25, 0.3) is 0 Å². The maximum absolute atomic E-state index is 2.34. The number of hydrogen-bond donors (Lipinski definition) is 0. The highest BCUT2D eigenvalue weighted by Crippen LogP contribution is 2.32. The van der Waals surface area contributed by atoms with Crippen LogP contribution in [0.3, 0.4) is 0 Å². The van der Waals surface area contributed by atoms with Gasteiger partial charge in [-0.2, -0.15) is 0 Å². The lowest BCUT2D eigenvalue weighted by atomic mass is 9.79. The van der Waals surface area contributed by atoms with E-state index in [0.29, 0.717) is 0 Å². The maximum atomic E-state index is 2.34. The van der Waals surface area contributed by atoms with Crippen molar-refractivity contribution in [2.75, 3.05) is 0 Å². The first-order valence-electron chi connectivity index (χ1n) is 5.36. The molecule has 0 nitrogen and oxygen atoms in total. The summed E-state index contributed by atoms with van der Waals surface area (Å²) in [5, 5.41) is 0. The Kier molecular flexibility index (Phi) is 3.96. The third-order valence-corrected chi connectivity index (χ3v) is 3.24. The summed E-state index contributed by atoms with van der Waals surface area (Å²) in [5.74, 6) is 2.16. The third kappa shape index (κ3) is 2.84. The van der Waals surface area contributed by atoms with Crippen LogP contribution in [0.2, 0.25) is 0 Å². The molecular formula is C11H22. The van der Waals surface area contributed by atoms with Gasteiger partial charge in [0.25, 0.3) is 0 Å². The van der Waals surface area contributed by atoms with E-state index in [9.17, 15) is 0 Å². The van der Waals surface area contributed by atoms with Gasteiger partial charge < -0.3 is 0 Å². The summed E-state index contributed by atoms with van der Waals surface area (Å²) >= 11 is 0. The molecule has 0 aliphatic heterocycles. The van der Waals surface area contributed by atoms with Crippen LogP contribution in [0.4, 0.5) is 0 Å². The average Bonchev–Trinajstić information content (AvgIpc) is 2.07. The molecule has 0 aromatic rings. The minimum Gasteiger partial charge on any atom is -0.0654 e. The van der Waals surface area contributed by atoms with Crippen molar-refractivity contribution >= 4 is 0 Å². The molecule has 11 heavy (non-hydrogen) atoms. The summed E-state index contributed by atoms with van der Waals surface area (Å²) in [7, 11) is 0. The van der Waals surface area contributed by atoms with Crippen LogP contribution in [0.1, 0.15) is 58.8 Å². The molecule has 1 saturated carbocycles. The molecule has 0 bridgehead atoms. The average molecular weight is 154 g/mol. The summed E-state index contributed by atoms with van der Waals surface area (Å²) in [5.41, 5.74) is 0. The van der Waals surface area contributed by atoms with Gasteiger partial charge in [-0.3, -0.25) is 0 Å². The quantitative estimate of drug-likeness (QED) is 0.576. The van der Waals surface area contributed by atoms with E-state index < -0.39 is 0 Å². The Bertz CT molecular complexity index is 88.2. The molecule has 0 radical (unpaired) electrons. The predicted molar refractivity (Wildman–Crippen MR) is 50.6 cm³/mol. The van der Waals surface area contributed by atoms with E-state index in [2.05, 4.69) is 13.8 Å². The highest BCUT2D eigenvalue weighted by Gasteiger charge is 2.18. The van der Waals surface area contributed by atoms with Gasteiger partial charge in [-0.15, -0.1) is 0 Å². The second-order valence-electron chi connectivity index (χ2n) is 4.08. The molecular weight excluding hydrogens is 132 g/mol. The molecule has 0 N–H and O–H groups in total. The van der Waals surface area contributed by atoms with Gasteiger partial charge in [0.05, 0.1) is 0 Å². The summed E-state index contributed by atoms with van der Waals surface area (Å²) in [4.78, 5) is 0. The standard InChI is InChI=1S/C11H22/c1-3-5-11-8-6-10(4-2)7-9-11/h10-11H,3-9H2,1-2H3. The molecule has 0 aromatic heterocycles. The van der Waals surface area contributed by atoms with Crippen molar-refractivity contribution in [2.24, 2.45) is 11.8 Å². The summed E-state index contributed by atoms with van der Waals surface area (Å²) in [6.45, 7) is 4.65. The van der Waals surface area contributed by atoms with Crippen LogP contribution >= 0.6 is 0 Å². The molecule has 0 unspecified atom stereocenters. The van der Waals surface area contributed by atoms with Crippen LogP contribution < -0.4 is 0 Å². The van der Waals surface area contributed by atoms with Crippen LogP contribution in [-0.2, 0) is 0 Å². The summed E-state index contributed by atoms with van der Waals surface area (Å²) in [6.07, 6.45) is 10.4. The van der Waals surface area contributed by atoms with Gasteiger partial charge in [-0.25, -0.2) is 0 Å². The van der Waals surface area contributed by atoms with Crippen molar-refractivity contribution in [3.05, 3.63) is 0 Å². The van der Waals surface area contributed by atoms with Crippen LogP contribution in [0.15, 0.2) is 0 Å². The predicted octanol–water partition coefficient (Wildman–Crippen LogP) is 4.00. The normalized spacial score (nSPS) is 32.2. The van der Waals surface area contributed by atoms with Gasteiger partial charge in [0.15, 0.2) is 0 Å². The molecule has 0 heterocycles. The van der Waals surface area contributed by atoms with Crippen molar-refractivity contribution in [3.8, 4) is 0 Å². The molecule has 0 aromatic carbocycles. The van der Waals surface area contributed by atoms with Crippen molar-refractivity contribution in [2.45, 2.75) is 58.8 Å². The molecule has 0 atom stereocenters. The molecule has 66 valence electrons. The van der Waals surface area contributed by atoms with Gasteiger partial charge in [-0.05, 0) is 11.8 Å². The van der Waals surface area contributed by atoms with Gasteiger partial charge in [0.2, 0.25) is 0 Å². The second kappa shape index (κ2) is 4.79. The zero-order valence-electron chi connectivity index (χ0n) is 8.10. The molecule has 1 aliphatic carbocycles. The Morgan fingerprint density at radius 3 is 1.91 bits per heavy atom. The van der Waals surface area contributed by atoms with Crippen molar-refractivity contribution in [1.29, 1.82) is 0 Å². The van der Waals surface area contributed by atoms with Gasteiger partial charge in [0, 0.05) is 0 Å². The maximum Gasteiger partial charge on any atom is -0.0414 e. The number of hydrogen-bond acceptors (Lipinski definition) is 0. The highest BCUT2D eigenvalue weighted by atomic mass is 14.2. The van der Waals surface area contributed by atoms with Crippen LogP contribution in [0, 0.1) is 11.8 Å². The van der Waals surface area contributed by atoms with Crippen LogP contribution in [-0.4, -0.2) is 0 Å². The lowest BCUT2D eigenvalue weighted by molar-refractivity contribution is 0.257. The monoisotopic (exact) mass is 154 g/mol. The third-order valence-electron chi connectivity index (χ3n) is 3.24. The molecule has 1 rings (SSSR count). The fraction of sp³-hybridized carbons (Fsp3) is 1.00. The Morgan fingerprint density at radius 2 is 1.45 bits per heavy atom. The molecule has 1 aliphatic rings. The Morgan fingerprint density at radius 1 is 0.909 bits per heavy atom. The minimum atomic E-state index is 1.07. The van der Waals surface area contributed by atoms with E-state index in [4.69, 9.17) is 0 Å². The van der Waals surface area contributed by atoms with Gasteiger partial charge >= 0.3 is 0 Å². The highest BCUT2D eigenvalue weighted by molar-refractivity contribution is 4.71. The zero-order chi connectivity index (χ0) is 8.10. The molecule has 0 heteroatoms. The van der Waals surface area contributed by atoms with E-state index in [0.717, 1.165) is 11.8 Å². The lowest BCUT2D eigenvalue weighted by Gasteiger charge is -2.27. The van der Waals surface area contributed by atoms with E-state index in [1.807, 2.05) is 0 Å². The van der Waals surface area contributed by atoms with E-state index in [-0.39, 0.29) is 0 Å². The first-order valence-corrected chi connectivity index (χ1v) is 5.36. The second-order valence-corrected chi connectivity index (χ2v) is 4.08. The zero-order valence-corrected chi connectivity index (χ0v) is 8.10. The van der Waals surface area contributed by atoms with Gasteiger partial charge in [-0.1, -0.05) is 58.8 Å². The smallest absolute Gasteiger partial charge is 0.0414 e. The molecule has 1 fully saturated rings. The Labute approximate surface area is 71.4 Å². The lowest BCUT2D eigenvalue weighted by Crippen LogP contribution is -2.13. The number of rotatable bonds is 3. The largest absolute Gasteiger partial charge is 0.0654 e. The topological polar surface area (TPSA) is 0 Å². The molecule has 0 amide bonds.